The molecule has 0 spiro atoms. The topological polar surface area (TPSA) is 80.3 Å². The number of ether oxygens (including phenoxy) is 2. The molecule has 4 rings (SSSR count). The smallest absolute Gasteiger partial charge is 0.230 e. The Morgan fingerprint density at radius 2 is 2.15 bits per heavy atom. The number of nitrogens with zero attached hydrogens (tertiary/aromatic N) is 2. The standard InChI is InChI=1S/C20H19N3O3/c1-12-4-3-5-14(8-13-6-7-21-19(12)13)26-20-15-9-17(24)18(25-2)10-16(15)22-11-23-20/h3,5-12,21,24H,4H2,1-2H3/b5-3+,14-8+. The predicted octanol–water partition coefficient (Wildman–Crippen LogP) is 4.16. The van der Waals surface area contributed by atoms with Crippen LogP contribution < -0.4 is 9.47 Å². The number of rotatable bonds is 3. The maximum absolute atomic E-state index is 10.1. The summed E-state index contributed by atoms with van der Waals surface area (Å²) < 4.78 is 11.2. The fourth-order valence-corrected chi connectivity index (χ4v) is 3.12. The molecule has 2 aromatic heterocycles. The van der Waals surface area contributed by atoms with Crippen molar-refractivity contribution in [3.8, 4) is 17.4 Å². The molecule has 2 heterocycles. The van der Waals surface area contributed by atoms with Gasteiger partial charge in [0.2, 0.25) is 5.88 Å². The number of aromatic nitrogens is 3. The highest BCUT2D eigenvalue weighted by Crippen LogP contribution is 2.34. The van der Waals surface area contributed by atoms with Crippen LogP contribution in [0.3, 0.4) is 0 Å². The van der Waals surface area contributed by atoms with Gasteiger partial charge >= 0.3 is 0 Å². The third kappa shape index (κ3) is 2.90. The van der Waals surface area contributed by atoms with Gasteiger partial charge in [-0.1, -0.05) is 13.0 Å². The van der Waals surface area contributed by atoms with Gasteiger partial charge in [0, 0.05) is 23.9 Å². The fourth-order valence-electron chi connectivity index (χ4n) is 3.12. The van der Waals surface area contributed by atoms with Crippen LogP contribution in [0.25, 0.3) is 17.0 Å². The lowest BCUT2D eigenvalue weighted by Crippen LogP contribution is -2.01. The minimum atomic E-state index is 0.0172. The lowest BCUT2D eigenvalue weighted by molar-refractivity contribution is 0.374. The predicted molar refractivity (Wildman–Crippen MR) is 99.3 cm³/mol. The monoisotopic (exact) mass is 349 g/mol. The average molecular weight is 349 g/mol. The van der Waals surface area contributed by atoms with E-state index >= 15 is 0 Å². The Morgan fingerprint density at radius 1 is 1.27 bits per heavy atom. The zero-order valence-corrected chi connectivity index (χ0v) is 14.6. The lowest BCUT2D eigenvalue weighted by atomic mass is 9.98. The van der Waals surface area contributed by atoms with E-state index in [0.717, 1.165) is 12.0 Å². The highest BCUT2D eigenvalue weighted by atomic mass is 16.5. The van der Waals surface area contributed by atoms with Crippen LogP contribution in [-0.2, 0) is 0 Å². The van der Waals surface area contributed by atoms with E-state index < -0.39 is 0 Å². The highest BCUT2D eigenvalue weighted by Gasteiger charge is 2.15. The van der Waals surface area contributed by atoms with Crippen LogP contribution in [0.5, 0.6) is 17.4 Å². The van der Waals surface area contributed by atoms with E-state index in [4.69, 9.17) is 9.47 Å². The highest BCUT2D eigenvalue weighted by molar-refractivity contribution is 5.86. The number of allylic oxidation sites excluding steroid dienone is 2. The third-order valence-electron chi connectivity index (χ3n) is 4.49. The largest absolute Gasteiger partial charge is 0.504 e. The van der Waals surface area contributed by atoms with Crippen LogP contribution in [0, 0.1) is 0 Å². The molecule has 0 aliphatic heterocycles. The van der Waals surface area contributed by atoms with Gasteiger partial charge in [-0.15, -0.1) is 0 Å². The number of methoxy groups -OCH3 is 1. The first kappa shape index (κ1) is 16.2. The van der Waals surface area contributed by atoms with Gasteiger partial charge in [-0.3, -0.25) is 0 Å². The second kappa shape index (κ2) is 6.55. The number of aromatic amines is 1. The number of aromatic hydroxyl groups is 1. The van der Waals surface area contributed by atoms with E-state index in [1.54, 1.807) is 12.1 Å². The van der Waals surface area contributed by atoms with Gasteiger partial charge in [-0.2, -0.15) is 0 Å². The van der Waals surface area contributed by atoms with E-state index in [2.05, 4.69) is 28.0 Å². The Kier molecular flexibility index (Phi) is 4.08. The van der Waals surface area contributed by atoms with Crippen molar-refractivity contribution in [2.75, 3.05) is 7.11 Å². The summed E-state index contributed by atoms with van der Waals surface area (Å²) in [6.07, 6.45) is 10.3. The second-order valence-corrected chi connectivity index (χ2v) is 6.25. The van der Waals surface area contributed by atoms with Gasteiger partial charge in [-0.05, 0) is 36.3 Å². The molecule has 0 bridgehead atoms. The normalized spacial score (nSPS) is 19.8. The molecular weight excluding hydrogens is 330 g/mol. The molecule has 0 saturated heterocycles. The molecule has 0 fully saturated rings. The van der Waals surface area contributed by atoms with Crippen molar-refractivity contribution < 1.29 is 14.6 Å². The van der Waals surface area contributed by atoms with Gasteiger partial charge in [-0.25, -0.2) is 9.97 Å². The van der Waals surface area contributed by atoms with Gasteiger partial charge in [0.05, 0.1) is 18.0 Å². The van der Waals surface area contributed by atoms with Crippen molar-refractivity contribution in [1.29, 1.82) is 0 Å². The molecular formula is C20H19N3O3. The van der Waals surface area contributed by atoms with Crippen molar-refractivity contribution in [3.63, 3.8) is 0 Å². The van der Waals surface area contributed by atoms with Crippen LogP contribution in [0.15, 0.2) is 48.6 Å². The maximum Gasteiger partial charge on any atom is 0.230 e. The van der Waals surface area contributed by atoms with Gasteiger partial charge in [0.25, 0.3) is 0 Å². The van der Waals surface area contributed by atoms with Crippen molar-refractivity contribution in [1.82, 2.24) is 15.0 Å². The Hall–Kier alpha value is -3.28. The number of phenols is 1. The number of H-pyrrole nitrogens is 1. The van der Waals surface area contributed by atoms with Crippen LogP contribution in [0.2, 0.25) is 0 Å². The van der Waals surface area contributed by atoms with Crippen LogP contribution in [-0.4, -0.2) is 27.2 Å². The Balaban J connectivity index is 1.76. The maximum atomic E-state index is 10.1. The number of benzene rings is 1. The van der Waals surface area contributed by atoms with Crippen molar-refractivity contribution in [3.05, 3.63) is 59.9 Å². The molecule has 6 heteroatoms. The van der Waals surface area contributed by atoms with E-state index in [1.165, 1.54) is 19.1 Å². The van der Waals surface area contributed by atoms with Crippen LogP contribution in [0.1, 0.15) is 30.5 Å². The summed E-state index contributed by atoms with van der Waals surface area (Å²) in [6, 6.07) is 5.25. The van der Waals surface area contributed by atoms with Crippen molar-refractivity contribution >= 4 is 17.0 Å². The first-order valence-corrected chi connectivity index (χ1v) is 8.41. The molecule has 2 N–H and O–H groups in total. The fraction of sp³-hybridized carbons (Fsp3) is 0.200. The van der Waals surface area contributed by atoms with E-state index in [9.17, 15) is 5.11 Å². The number of hydrogen-bond acceptors (Lipinski definition) is 5. The average Bonchev–Trinajstić information content (AvgIpc) is 3.08. The van der Waals surface area contributed by atoms with Crippen molar-refractivity contribution in [2.45, 2.75) is 19.3 Å². The van der Waals surface area contributed by atoms with Gasteiger partial charge in [0.1, 0.15) is 12.1 Å². The summed E-state index contributed by atoms with van der Waals surface area (Å²) in [5.74, 6) is 1.85. The summed E-state index contributed by atoms with van der Waals surface area (Å²) in [5, 5.41) is 10.7. The molecule has 1 aliphatic carbocycles. The first-order valence-electron chi connectivity index (χ1n) is 8.41. The Bertz CT molecular complexity index is 1020. The summed E-state index contributed by atoms with van der Waals surface area (Å²) in [4.78, 5) is 11.8. The van der Waals surface area contributed by atoms with Crippen LogP contribution in [0.4, 0.5) is 0 Å². The number of phenolic OH excluding ortho intramolecular Hbond substituents is 1. The second-order valence-electron chi connectivity index (χ2n) is 6.25. The summed E-state index contributed by atoms with van der Waals surface area (Å²) in [7, 11) is 1.50. The quantitative estimate of drug-likeness (QED) is 0.742. The summed E-state index contributed by atoms with van der Waals surface area (Å²) >= 11 is 0. The summed E-state index contributed by atoms with van der Waals surface area (Å²) in [5.41, 5.74) is 2.92. The molecule has 1 aliphatic rings. The SMILES string of the molecule is COc1cc2ncnc(OC3=C/c4cc[nH]c4C(C)C\C=C\3)c2cc1O. The van der Waals surface area contributed by atoms with E-state index in [0.29, 0.717) is 34.2 Å². The van der Waals surface area contributed by atoms with Crippen LogP contribution >= 0.6 is 0 Å². The van der Waals surface area contributed by atoms with Crippen molar-refractivity contribution in [2.24, 2.45) is 0 Å². The molecule has 0 radical (unpaired) electrons. The first-order chi connectivity index (χ1) is 12.7. The molecule has 1 atom stereocenters. The number of fused-ring (bicyclic) bond motifs is 2. The molecule has 26 heavy (non-hydrogen) atoms. The summed E-state index contributed by atoms with van der Waals surface area (Å²) in [6.45, 7) is 2.19. The van der Waals surface area contributed by atoms with E-state index in [-0.39, 0.29) is 5.75 Å². The molecule has 132 valence electrons. The molecule has 6 nitrogen and oxygen atoms in total. The van der Waals surface area contributed by atoms with E-state index in [1.807, 2.05) is 24.4 Å². The minimum Gasteiger partial charge on any atom is -0.504 e. The number of nitrogens with one attached hydrogen (secondary N) is 1. The minimum absolute atomic E-state index is 0.0172. The molecule has 0 saturated carbocycles. The molecule has 0 amide bonds. The molecule has 1 aromatic carbocycles. The van der Waals surface area contributed by atoms with Gasteiger partial charge in [0.15, 0.2) is 11.5 Å². The third-order valence-corrected chi connectivity index (χ3v) is 4.49. The Morgan fingerprint density at radius 3 is 3.00 bits per heavy atom. The Labute approximate surface area is 150 Å². The van der Waals surface area contributed by atoms with Gasteiger partial charge < -0.3 is 19.6 Å². The lowest BCUT2D eigenvalue weighted by Gasteiger charge is -2.14. The zero-order chi connectivity index (χ0) is 18.1. The number of hydrogen-bond donors (Lipinski definition) is 2. The molecule has 1 unspecified atom stereocenters. The molecule has 3 aromatic rings. The zero-order valence-electron chi connectivity index (χ0n) is 14.6.